The van der Waals surface area contributed by atoms with E-state index in [-0.39, 0.29) is 6.10 Å². The van der Waals surface area contributed by atoms with Crippen LogP contribution in [0.15, 0.2) is 23.1 Å². The minimum Gasteiger partial charge on any atom is -0.376 e. The maximum Gasteiger partial charge on any atom is 0.140 e. The summed E-state index contributed by atoms with van der Waals surface area (Å²) in [6.07, 6.45) is 2.27. The molecule has 0 spiro atoms. The Kier molecular flexibility index (Phi) is 4.91. The second kappa shape index (κ2) is 6.45. The average Bonchev–Trinajstić information content (AvgIpc) is 2.83. The molecule has 2 rings (SSSR count). The van der Waals surface area contributed by atoms with E-state index in [4.69, 9.17) is 17.0 Å². The van der Waals surface area contributed by atoms with E-state index in [0.29, 0.717) is 15.8 Å². The Morgan fingerprint density at radius 2 is 2.33 bits per heavy atom. The summed E-state index contributed by atoms with van der Waals surface area (Å²) in [6.45, 7) is 1.42. The number of hydrogen-bond acceptors (Lipinski definition) is 3. The number of hydrogen-bond donors (Lipinski definition) is 1. The van der Waals surface area contributed by atoms with E-state index < -0.39 is 11.6 Å². The molecule has 1 aliphatic rings. The number of thioether (sulfide) groups is 1. The molecule has 1 saturated heterocycles. The molecule has 1 unspecified atom stereocenters. The Hall–Kier alpha value is -0.720. The summed E-state index contributed by atoms with van der Waals surface area (Å²) in [5.74, 6) is -1.18. The summed E-state index contributed by atoms with van der Waals surface area (Å²) in [4.78, 5) is 0.321. The number of benzene rings is 1. The van der Waals surface area contributed by atoms with Gasteiger partial charge in [-0.25, -0.2) is 8.78 Å². The monoisotopic (exact) mass is 289 g/mol. The fourth-order valence-corrected chi connectivity index (χ4v) is 2.70. The fourth-order valence-electron chi connectivity index (χ4n) is 1.70. The Morgan fingerprint density at radius 3 is 3.00 bits per heavy atom. The Bertz CT molecular complexity index is 436. The number of nitrogens with one attached hydrogen (secondary N) is 1. The van der Waals surface area contributed by atoms with Crippen LogP contribution in [0.4, 0.5) is 8.78 Å². The first-order valence-electron chi connectivity index (χ1n) is 5.67. The van der Waals surface area contributed by atoms with Crippen molar-refractivity contribution >= 4 is 28.3 Å². The zero-order valence-corrected chi connectivity index (χ0v) is 11.3. The molecule has 0 amide bonds. The molecule has 1 aliphatic heterocycles. The highest BCUT2D eigenvalue weighted by molar-refractivity contribution is 8.23. The minimum atomic E-state index is -0.596. The van der Waals surface area contributed by atoms with Gasteiger partial charge in [-0.1, -0.05) is 24.0 Å². The van der Waals surface area contributed by atoms with Gasteiger partial charge in [-0.05, 0) is 25.0 Å². The molecule has 0 aliphatic carbocycles. The van der Waals surface area contributed by atoms with Gasteiger partial charge in [0.2, 0.25) is 0 Å². The summed E-state index contributed by atoms with van der Waals surface area (Å²) in [7, 11) is 0. The van der Waals surface area contributed by atoms with Crippen LogP contribution in [0.5, 0.6) is 0 Å². The molecule has 0 aromatic heterocycles. The predicted octanol–water partition coefficient (Wildman–Crippen LogP) is 3.11. The zero-order valence-electron chi connectivity index (χ0n) is 9.62. The van der Waals surface area contributed by atoms with Crippen LogP contribution in [0.2, 0.25) is 0 Å². The van der Waals surface area contributed by atoms with Crippen molar-refractivity contribution in [3.05, 3.63) is 29.8 Å². The summed E-state index contributed by atoms with van der Waals surface area (Å²) in [5, 5.41) is 3.02. The van der Waals surface area contributed by atoms with Gasteiger partial charge in [-0.2, -0.15) is 0 Å². The standard InChI is InChI=1S/C12H13F2NOS2/c13-8-3-4-11(10(14)6-8)18-12(17)15-7-9-2-1-5-16-9/h3-4,6,9H,1-2,5,7H2,(H,15,17). The molecular formula is C12H13F2NOS2. The number of rotatable bonds is 3. The SMILES string of the molecule is Fc1ccc(SC(=S)NCC2CCCO2)c(F)c1. The Morgan fingerprint density at radius 1 is 1.50 bits per heavy atom. The molecule has 18 heavy (non-hydrogen) atoms. The van der Waals surface area contributed by atoms with Crippen LogP contribution in [-0.4, -0.2) is 23.6 Å². The van der Waals surface area contributed by atoms with Crippen LogP contribution >= 0.6 is 24.0 Å². The van der Waals surface area contributed by atoms with Crippen molar-refractivity contribution in [1.29, 1.82) is 0 Å². The maximum atomic E-state index is 13.4. The molecule has 2 nitrogen and oxygen atoms in total. The molecule has 98 valence electrons. The van der Waals surface area contributed by atoms with E-state index in [1.165, 1.54) is 12.1 Å². The Balaban J connectivity index is 1.82. The average molecular weight is 289 g/mol. The van der Waals surface area contributed by atoms with E-state index in [0.717, 1.165) is 37.3 Å². The van der Waals surface area contributed by atoms with Gasteiger partial charge in [0.1, 0.15) is 16.0 Å². The lowest BCUT2D eigenvalue weighted by Gasteiger charge is -2.12. The minimum absolute atomic E-state index is 0.182. The van der Waals surface area contributed by atoms with Gasteiger partial charge < -0.3 is 10.1 Å². The maximum absolute atomic E-state index is 13.4. The molecule has 1 heterocycles. The van der Waals surface area contributed by atoms with Crippen LogP contribution in [0.1, 0.15) is 12.8 Å². The van der Waals surface area contributed by atoms with Crippen molar-refractivity contribution in [2.75, 3.05) is 13.2 Å². The van der Waals surface area contributed by atoms with Crippen molar-refractivity contribution in [3.8, 4) is 0 Å². The highest BCUT2D eigenvalue weighted by Gasteiger charge is 2.16. The molecule has 1 fully saturated rings. The summed E-state index contributed by atoms with van der Waals surface area (Å²) in [6, 6.07) is 3.45. The van der Waals surface area contributed by atoms with E-state index in [2.05, 4.69) is 5.32 Å². The third kappa shape index (κ3) is 3.90. The second-order valence-electron chi connectivity index (χ2n) is 3.98. The van der Waals surface area contributed by atoms with E-state index in [1.807, 2.05) is 0 Å². The van der Waals surface area contributed by atoms with Gasteiger partial charge in [0, 0.05) is 19.2 Å². The Labute approximate surface area is 114 Å². The lowest BCUT2D eigenvalue weighted by atomic mass is 10.2. The zero-order chi connectivity index (χ0) is 13.0. The molecule has 1 atom stereocenters. The third-order valence-electron chi connectivity index (χ3n) is 2.59. The van der Waals surface area contributed by atoms with Crippen LogP contribution in [0.25, 0.3) is 0 Å². The van der Waals surface area contributed by atoms with Crippen LogP contribution in [-0.2, 0) is 4.74 Å². The first-order valence-corrected chi connectivity index (χ1v) is 6.90. The molecule has 1 N–H and O–H groups in total. The molecule has 6 heteroatoms. The van der Waals surface area contributed by atoms with E-state index in [9.17, 15) is 8.78 Å². The van der Waals surface area contributed by atoms with Gasteiger partial charge in [-0.15, -0.1) is 0 Å². The van der Waals surface area contributed by atoms with Crippen molar-refractivity contribution in [3.63, 3.8) is 0 Å². The number of ether oxygens (including phenoxy) is 1. The smallest absolute Gasteiger partial charge is 0.140 e. The number of thiocarbonyl (C=S) groups is 1. The van der Waals surface area contributed by atoms with Crippen LogP contribution in [0, 0.1) is 11.6 Å². The third-order valence-corrected chi connectivity index (χ3v) is 3.87. The van der Waals surface area contributed by atoms with Crippen molar-refractivity contribution in [2.24, 2.45) is 0 Å². The quantitative estimate of drug-likeness (QED) is 0.681. The molecule has 0 bridgehead atoms. The van der Waals surface area contributed by atoms with Crippen LogP contribution < -0.4 is 5.32 Å². The molecule has 0 saturated carbocycles. The fraction of sp³-hybridized carbons (Fsp3) is 0.417. The summed E-state index contributed by atoms with van der Waals surface area (Å²) < 4.78 is 32.0. The van der Waals surface area contributed by atoms with Crippen LogP contribution in [0.3, 0.4) is 0 Å². The predicted molar refractivity (Wildman–Crippen MR) is 71.8 cm³/mol. The van der Waals surface area contributed by atoms with Crippen molar-refractivity contribution < 1.29 is 13.5 Å². The molecular weight excluding hydrogens is 276 g/mol. The number of halogens is 2. The molecule has 1 aromatic carbocycles. The van der Waals surface area contributed by atoms with Gasteiger partial charge in [0.25, 0.3) is 0 Å². The second-order valence-corrected chi connectivity index (χ2v) is 5.70. The first-order chi connectivity index (χ1) is 8.65. The van der Waals surface area contributed by atoms with Gasteiger partial charge >= 0.3 is 0 Å². The van der Waals surface area contributed by atoms with Gasteiger partial charge in [0.15, 0.2) is 0 Å². The lowest BCUT2D eigenvalue weighted by molar-refractivity contribution is 0.114. The topological polar surface area (TPSA) is 21.3 Å². The lowest BCUT2D eigenvalue weighted by Crippen LogP contribution is -2.28. The normalized spacial score (nSPS) is 18.9. The first kappa shape index (κ1) is 13.7. The largest absolute Gasteiger partial charge is 0.376 e. The van der Waals surface area contributed by atoms with Crippen molar-refractivity contribution in [2.45, 2.75) is 23.8 Å². The van der Waals surface area contributed by atoms with Crippen molar-refractivity contribution in [1.82, 2.24) is 5.32 Å². The van der Waals surface area contributed by atoms with E-state index in [1.54, 1.807) is 0 Å². The molecule has 1 aromatic rings. The highest BCUT2D eigenvalue weighted by atomic mass is 32.2. The summed E-state index contributed by atoms with van der Waals surface area (Å²) >= 11 is 6.18. The van der Waals surface area contributed by atoms with Gasteiger partial charge in [0.05, 0.1) is 11.0 Å². The highest BCUT2D eigenvalue weighted by Crippen LogP contribution is 2.23. The van der Waals surface area contributed by atoms with E-state index >= 15 is 0 Å². The van der Waals surface area contributed by atoms with Gasteiger partial charge in [-0.3, -0.25) is 0 Å². The molecule has 0 radical (unpaired) electrons. The summed E-state index contributed by atoms with van der Waals surface area (Å²) in [5.41, 5.74) is 0.